The molecule has 6 heteroatoms. The minimum absolute atomic E-state index is 0.232. The summed E-state index contributed by atoms with van der Waals surface area (Å²) in [6.07, 6.45) is 1.04. The molecule has 0 N–H and O–H groups in total. The zero-order valence-corrected chi connectivity index (χ0v) is 17.0. The molecule has 28 heavy (non-hydrogen) atoms. The Kier molecular flexibility index (Phi) is 4.55. The second kappa shape index (κ2) is 7.20. The quantitative estimate of drug-likeness (QED) is 0.441. The molecule has 0 spiro atoms. The lowest BCUT2D eigenvalue weighted by Crippen LogP contribution is -2.34. The topological polar surface area (TPSA) is 42.7 Å². The van der Waals surface area contributed by atoms with Crippen LogP contribution in [0.4, 0.5) is 0 Å². The van der Waals surface area contributed by atoms with Gasteiger partial charge >= 0.3 is 5.63 Å². The lowest BCUT2D eigenvalue weighted by molar-refractivity contribution is 0.209. The second-order valence-corrected chi connectivity index (χ2v) is 8.87. The van der Waals surface area contributed by atoms with Crippen molar-refractivity contribution in [3.05, 3.63) is 84.5 Å². The van der Waals surface area contributed by atoms with E-state index >= 15 is 0 Å². The zero-order valence-electron chi connectivity index (χ0n) is 15.4. The number of ether oxygens (including phenoxy) is 1. The van der Waals surface area contributed by atoms with Crippen LogP contribution in [0.5, 0.6) is 5.75 Å². The Hall–Kier alpha value is -2.41. The number of rotatable bonds is 4. The first kappa shape index (κ1) is 17.7. The molecule has 0 aliphatic carbocycles. The molecule has 1 aliphatic rings. The average Bonchev–Trinajstić information content (AvgIpc) is 3.39. The summed E-state index contributed by atoms with van der Waals surface area (Å²) < 4.78 is 10.7. The van der Waals surface area contributed by atoms with Gasteiger partial charge in [-0.3, -0.25) is 4.90 Å². The largest absolute Gasteiger partial charge is 0.497 e. The van der Waals surface area contributed by atoms with Crippen molar-refractivity contribution in [1.29, 1.82) is 0 Å². The Balaban J connectivity index is 1.58. The first-order valence-corrected chi connectivity index (χ1v) is 10.9. The summed E-state index contributed by atoms with van der Waals surface area (Å²) in [6, 6.07) is 14.1. The summed E-state index contributed by atoms with van der Waals surface area (Å²) in [5.74, 6) is 0.685. The smallest absolute Gasteiger partial charge is 0.336 e. The molecular formula is C22H19NO3S2. The molecule has 5 rings (SSSR count). The molecule has 1 aliphatic heterocycles. The van der Waals surface area contributed by atoms with Crippen LogP contribution < -0.4 is 10.4 Å². The van der Waals surface area contributed by atoms with E-state index in [2.05, 4.69) is 33.9 Å². The zero-order chi connectivity index (χ0) is 19.1. The first-order chi connectivity index (χ1) is 13.7. The minimum Gasteiger partial charge on any atom is -0.497 e. The van der Waals surface area contributed by atoms with E-state index in [0.29, 0.717) is 17.9 Å². The molecular weight excluding hydrogens is 390 g/mol. The maximum atomic E-state index is 12.2. The van der Waals surface area contributed by atoms with Gasteiger partial charge in [-0.1, -0.05) is 6.07 Å². The molecule has 0 unspecified atom stereocenters. The van der Waals surface area contributed by atoms with Crippen molar-refractivity contribution in [1.82, 2.24) is 4.90 Å². The number of benzene rings is 1. The lowest BCUT2D eigenvalue weighted by atomic mass is 9.97. The first-order valence-electron chi connectivity index (χ1n) is 9.17. The van der Waals surface area contributed by atoms with Crippen LogP contribution in [0.2, 0.25) is 0 Å². The molecule has 1 atom stereocenters. The molecule has 1 aromatic carbocycles. The summed E-state index contributed by atoms with van der Waals surface area (Å²) in [5.41, 5.74) is 2.64. The number of hydrogen-bond donors (Lipinski definition) is 0. The summed E-state index contributed by atoms with van der Waals surface area (Å²) in [6.45, 7) is 1.67. The van der Waals surface area contributed by atoms with E-state index in [0.717, 1.165) is 23.9 Å². The van der Waals surface area contributed by atoms with Crippen molar-refractivity contribution >= 4 is 33.6 Å². The van der Waals surface area contributed by atoms with Crippen LogP contribution >= 0.6 is 22.7 Å². The fraction of sp³-hybridized carbons (Fsp3) is 0.227. The van der Waals surface area contributed by atoms with Crippen molar-refractivity contribution in [2.45, 2.75) is 19.0 Å². The molecule has 0 fully saturated rings. The molecule has 0 saturated carbocycles. The van der Waals surface area contributed by atoms with Gasteiger partial charge in [0.2, 0.25) is 0 Å². The molecule has 4 heterocycles. The Morgan fingerprint density at radius 2 is 2.11 bits per heavy atom. The minimum atomic E-state index is -0.323. The van der Waals surface area contributed by atoms with E-state index in [4.69, 9.17) is 9.15 Å². The third kappa shape index (κ3) is 3.07. The van der Waals surface area contributed by atoms with Crippen molar-refractivity contribution in [3.63, 3.8) is 0 Å². The van der Waals surface area contributed by atoms with Crippen LogP contribution in [-0.2, 0) is 13.0 Å². The van der Waals surface area contributed by atoms with Crippen molar-refractivity contribution in [3.8, 4) is 5.75 Å². The van der Waals surface area contributed by atoms with E-state index < -0.39 is 0 Å². The molecule has 142 valence electrons. The van der Waals surface area contributed by atoms with Crippen molar-refractivity contribution < 1.29 is 9.15 Å². The van der Waals surface area contributed by atoms with Crippen LogP contribution in [0.25, 0.3) is 11.0 Å². The van der Waals surface area contributed by atoms with Crippen LogP contribution in [0.15, 0.2) is 62.4 Å². The Bertz CT molecular complexity index is 1180. The molecule has 4 nitrogen and oxygen atoms in total. The standard InChI is InChI=1S/C22H19NO3S2/c1-25-15-4-5-16-14(11-21(24)26-18(16)12-15)13-23-8-6-19-17(7-10-28-19)22(23)20-3-2-9-27-20/h2-5,7,9-12,22H,6,8,13H2,1H3/t22-/m0/s1. The summed E-state index contributed by atoms with van der Waals surface area (Å²) in [4.78, 5) is 17.5. The number of methoxy groups -OCH3 is 1. The van der Waals surface area contributed by atoms with Gasteiger partial charge in [-0.15, -0.1) is 22.7 Å². The van der Waals surface area contributed by atoms with Gasteiger partial charge in [-0.2, -0.15) is 0 Å². The highest BCUT2D eigenvalue weighted by Crippen LogP contribution is 2.40. The van der Waals surface area contributed by atoms with Gasteiger partial charge in [-0.25, -0.2) is 4.79 Å². The second-order valence-electron chi connectivity index (χ2n) is 6.89. The highest BCUT2D eigenvalue weighted by Gasteiger charge is 2.30. The maximum absolute atomic E-state index is 12.2. The van der Waals surface area contributed by atoms with E-state index in [-0.39, 0.29) is 11.7 Å². The van der Waals surface area contributed by atoms with Crippen molar-refractivity contribution in [2.24, 2.45) is 0 Å². The van der Waals surface area contributed by atoms with E-state index in [1.165, 1.54) is 15.3 Å². The normalized spacial score (nSPS) is 17.0. The fourth-order valence-electron chi connectivity index (χ4n) is 4.01. The van der Waals surface area contributed by atoms with Crippen LogP contribution in [-0.4, -0.2) is 18.6 Å². The maximum Gasteiger partial charge on any atom is 0.336 e. The van der Waals surface area contributed by atoms with Gasteiger partial charge in [0.1, 0.15) is 11.3 Å². The fourth-order valence-corrected chi connectivity index (χ4v) is 5.79. The van der Waals surface area contributed by atoms with Gasteiger partial charge in [0.25, 0.3) is 0 Å². The predicted molar refractivity (Wildman–Crippen MR) is 114 cm³/mol. The lowest BCUT2D eigenvalue weighted by Gasteiger charge is -2.35. The Morgan fingerprint density at radius 3 is 2.93 bits per heavy atom. The van der Waals surface area contributed by atoms with Crippen LogP contribution in [0, 0.1) is 0 Å². The highest BCUT2D eigenvalue weighted by atomic mass is 32.1. The molecule has 0 amide bonds. The number of thiophene rings is 2. The summed E-state index contributed by atoms with van der Waals surface area (Å²) in [7, 11) is 1.61. The number of hydrogen-bond acceptors (Lipinski definition) is 6. The monoisotopic (exact) mass is 409 g/mol. The van der Waals surface area contributed by atoms with E-state index in [1.807, 2.05) is 23.5 Å². The van der Waals surface area contributed by atoms with E-state index in [9.17, 15) is 4.79 Å². The molecule has 0 bridgehead atoms. The Labute approximate surface area is 170 Å². The summed E-state index contributed by atoms with van der Waals surface area (Å²) in [5, 5.41) is 5.28. The Morgan fingerprint density at radius 1 is 1.18 bits per heavy atom. The van der Waals surface area contributed by atoms with Gasteiger partial charge in [0.15, 0.2) is 0 Å². The molecule has 0 saturated heterocycles. The van der Waals surface area contributed by atoms with Crippen LogP contribution in [0.3, 0.4) is 0 Å². The highest BCUT2D eigenvalue weighted by molar-refractivity contribution is 7.10. The van der Waals surface area contributed by atoms with Gasteiger partial charge in [0, 0.05) is 40.4 Å². The molecule has 3 aromatic heterocycles. The SMILES string of the molecule is COc1ccc2c(CN3CCc4sccc4[C@H]3c3cccs3)cc(=O)oc2c1. The van der Waals surface area contributed by atoms with Crippen LogP contribution in [0.1, 0.15) is 26.9 Å². The summed E-state index contributed by atoms with van der Waals surface area (Å²) >= 11 is 3.63. The van der Waals surface area contributed by atoms with Gasteiger partial charge < -0.3 is 9.15 Å². The molecule has 4 aromatic rings. The van der Waals surface area contributed by atoms with Gasteiger partial charge in [0.05, 0.1) is 13.2 Å². The predicted octanol–water partition coefficient (Wildman–Crippen LogP) is 5.07. The molecule has 0 radical (unpaired) electrons. The average molecular weight is 410 g/mol. The van der Waals surface area contributed by atoms with Crippen molar-refractivity contribution in [2.75, 3.05) is 13.7 Å². The third-order valence-corrected chi connectivity index (χ3v) is 7.21. The number of fused-ring (bicyclic) bond motifs is 2. The van der Waals surface area contributed by atoms with E-state index in [1.54, 1.807) is 30.6 Å². The third-order valence-electron chi connectivity index (χ3n) is 5.29. The number of nitrogens with zero attached hydrogens (tertiary/aromatic N) is 1. The van der Waals surface area contributed by atoms with Gasteiger partial charge in [-0.05, 0) is 52.6 Å².